The minimum Gasteiger partial charge on any atom is -0.396 e. The van der Waals surface area contributed by atoms with Gasteiger partial charge in [-0.3, -0.25) is 15.0 Å². The first-order valence-corrected chi connectivity index (χ1v) is 7.03. The van der Waals surface area contributed by atoms with Crippen molar-refractivity contribution < 1.29 is 14.4 Å². The van der Waals surface area contributed by atoms with Crippen LogP contribution in [0.1, 0.15) is 32.4 Å². The lowest BCUT2D eigenvalue weighted by Crippen LogP contribution is -2.51. The molecule has 6 heteroatoms. The molecule has 2 atom stereocenters. The fourth-order valence-corrected chi connectivity index (χ4v) is 2.63. The van der Waals surface area contributed by atoms with E-state index in [1.165, 1.54) is 0 Å². The summed E-state index contributed by atoms with van der Waals surface area (Å²) in [5.74, 6) is 0.268. The van der Waals surface area contributed by atoms with E-state index >= 15 is 0 Å². The molecule has 2 heterocycles. The lowest BCUT2D eigenvalue weighted by Gasteiger charge is -2.41. The van der Waals surface area contributed by atoms with E-state index in [0.717, 1.165) is 31.6 Å². The van der Waals surface area contributed by atoms with Crippen LogP contribution in [-0.2, 0) is 4.79 Å². The van der Waals surface area contributed by atoms with Crippen molar-refractivity contribution in [1.82, 2.24) is 10.1 Å². The Morgan fingerprint density at radius 2 is 2.45 bits per heavy atom. The predicted octanol–water partition coefficient (Wildman–Crippen LogP) is 1.40. The van der Waals surface area contributed by atoms with Crippen LogP contribution in [0.25, 0.3) is 0 Å². The van der Waals surface area contributed by atoms with Crippen molar-refractivity contribution in [2.45, 2.75) is 39.7 Å². The first-order chi connectivity index (χ1) is 9.43. The number of anilines is 1. The maximum absolute atomic E-state index is 12.2. The monoisotopic (exact) mass is 281 g/mol. The van der Waals surface area contributed by atoms with Gasteiger partial charge in [-0.1, -0.05) is 12.1 Å². The molecule has 0 saturated carbocycles. The van der Waals surface area contributed by atoms with Crippen LogP contribution in [0.4, 0.5) is 5.88 Å². The number of aliphatic hydroxyl groups is 1. The number of amides is 1. The normalized spacial score (nSPS) is 25.4. The number of hydrogen-bond acceptors (Lipinski definition) is 5. The number of aromatic nitrogens is 1. The van der Waals surface area contributed by atoms with E-state index in [1.54, 1.807) is 13.0 Å². The summed E-state index contributed by atoms with van der Waals surface area (Å²) >= 11 is 0. The van der Waals surface area contributed by atoms with Crippen LogP contribution >= 0.6 is 0 Å². The highest BCUT2D eigenvalue weighted by Crippen LogP contribution is 2.29. The molecule has 0 unspecified atom stereocenters. The van der Waals surface area contributed by atoms with Crippen molar-refractivity contribution in [3.05, 3.63) is 11.8 Å². The Kier molecular flexibility index (Phi) is 4.45. The number of rotatable bonds is 4. The molecular weight excluding hydrogens is 258 g/mol. The van der Waals surface area contributed by atoms with Gasteiger partial charge in [0.2, 0.25) is 11.8 Å². The summed E-state index contributed by atoms with van der Waals surface area (Å²) in [4.78, 5) is 14.3. The Hall–Kier alpha value is -1.40. The zero-order chi connectivity index (χ0) is 14.8. The first-order valence-electron chi connectivity index (χ1n) is 7.03. The summed E-state index contributed by atoms with van der Waals surface area (Å²) in [6.45, 7) is 7.50. The molecule has 20 heavy (non-hydrogen) atoms. The Balaban J connectivity index is 1.96. The standard InChI is InChI=1S/C14H23N3O3/c1-10-7-12(20-16-10)15-13(19)11(2)17-6-4-5-14(3,8-17)9-18/h7,11,18H,4-6,8-9H2,1-3H3,(H,15,19)/t11-,14-/m0/s1. The van der Waals surface area contributed by atoms with E-state index < -0.39 is 0 Å². The predicted molar refractivity (Wildman–Crippen MR) is 75.3 cm³/mol. The smallest absolute Gasteiger partial charge is 0.243 e. The molecule has 1 saturated heterocycles. The molecule has 1 aromatic heterocycles. The Morgan fingerprint density at radius 3 is 3.05 bits per heavy atom. The fourth-order valence-electron chi connectivity index (χ4n) is 2.63. The van der Waals surface area contributed by atoms with E-state index in [-0.39, 0.29) is 24.0 Å². The van der Waals surface area contributed by atoms with Crippen molar-refractivity contribution in [1.29, 1.82) is 0 Å². The van der Waals surface area contributed by atoms with Crippen LogP contribution in [0.3, 0.4) is 0 Å². The summed E-state index contributed by atoms with van der Waals surface area (Å²) in [5, 5.41) is 16.0. The number of carbonyl (C=O) groups excluding carboxylic acids is 1. The number of hydrogen-bond donors (Lipinski definition) is 2. The molecule has 1 aliphatic heterocycles. The van der Waals surface area contributed by atoms with Crippen LogP contribution < -0.4 is 5.32 Å². The number of carbonyl (C=O) groups is 1. The van der Waals surface area contributed by atoms with Gasteiger partial charge in [0.1, 0.15) is 0 Å². The van der Waals surface area contributed by atoms with Crippen LogP contribution in [0, 0.1) is 12.3 Å². The Labute approximate surface area is 119 Å². The van der Waals surface area contributed by atoms with Gasteiger partial charge in [0.15, 0.2) is 0 Å². The van der Waals surface area contributed by atoms with Crippen LogP contribution in [0.15, 0.2) is 10.6 Å². The Morgan fingerprint density at radius 1 is 1.70 bits per heavy atom. The summed E-state index contributed by atoms with van der Waals surface area (Å²) in [7, 11) is 0. The van der Waals surface area contributed by atoms with Crippen molar-refractivity contribution in [3.63, 3.8) is 0 Å². The van der Waals surface area contributed by atoms with Gasteiger partial charge in [-0.05, 0) is 33.2 Å². The van der Waals surface area contributed by atoms with Crippen molar-refractivity contribution >= 4 is 11.8 Å². The molecule has 1 amide bonds. The lowest BCUT2D eigenvalue weighted by molar-refractivity contribution is -0.122. The summed E-state index contributed by atoms with van der Waals surface area (Å²) in [6, 6.07) is 1.44. The maximum atomic E-state index is 12.2. The molecule has 0 aromatic carbocycles. The molecule has 2 rings (SSSR count). The highest BCUT2D eigenvalue weighted by Gasteiger charge is 2.34. The van der Waals surface area contributed by atoms with Crippen molar-refractivity contribution in [2.75, 3.05) is 25.0 Å². The molecule has 0 aliphatic carbocycles. The topological polar surface area (TPSA) is 78.6 Å². The zero-order valence-corrected chi connectivity index (χ0v) is 12.3. The van der Waals surface area contributed by atoms with Gasteiger partial charge >= 0.3 is 0 Å². The molecular formula is C14H23N3O3. The van der Waals surface area contributed by atoms with E-state index in [0.29, 0.717) is 5.88 Å². The third-order valence-electron chi connectivity index (χ3n) is 3.99. The van der Waals surface area contributed by atoms with Gasteiger partial charge in [0, 0.05) is 24.6 Å². The number of aryl methyl sites for hydroxylation is 1. The van der Waals surface area contributed by atoms with E-state index in [4.69, 9.17) is 4.52 Å². The second kappa shape index (κ2) is 5.93. The second-order valence-electron chi connectivity index (χ2n) is 6.04. The van der Waals surface area contributed by atoms with Gasteiger partial charge in [-0.25, -0.2) is 0 Å². The second-order valence-corrected chi connectivity index (χ2v) is 6.04. The lowest BCUT2D eigenvalue weighted by atomic mass is 9.82. The largest absolute Gasteiger partial charge is 0.396 e. The van der Waals surface area contributed by atoms with Crippen LogP contribution in [-0.4, -0.2) is 46.8 Å². The van der Waals surface area contributed by atoms with Gasteiger partial charge in [0.05, 0.1) is 11.7 Å². The van der Waals surface area contributed by atoms with E-state index in [1.807, 2.05) is 6.92 Å². The van der Waals surface area contributed by atoms with Crippen LogP contribution in [0.5, 0.6) is 0 Å². The highest BCUT2D eigenvalue weighted by atomic mass is 16.5. The Bertz CT molecular complexity index is 474. The fraction of sp³-hybridized carbons (Fsp3) is 0.714. The van der Waals surface area contributed by atoms with Crippen molar-refractivity contribution in [2.24, 2.45) is 5.41 Å². The number of nitrogens with one attached hydrogen (secondary N) is 1. The van der Waals surface area contributed by atoms with E-state index in [9.17, 15) is 9.90 Å². The third kappa shape index (κ3) is 3.37. The van der Waals surface area contributed by atoms with E-state index in [2.05, 4.69) is 22.3 Å². The van der Waals surface area contributed by atoms with Crippen molar-refractivity contribution in [3.8, 4) is 0 Å². The molecule has 0 spiro atoms. The summed E-state index contributed by atoms with van der Waals surface area (Å²) in [6.07, 6.45) is 1.99. The molecule has 0 bridgehead atoms. The quantitative estimate of drug-likeness (QED) is 0.872. The molecule has 112 valence electrons. The SMILES string of the molecule is Cc1cc(NC(=O)[C@H](C)N2CCC[C@](C)(CO)C2)on1. The maximum Gasteiger partial charge on any atom is 0.243 e. The average molecular weight is 281 g/mol. The zero-order valence-electron chi connectivity index (χ0n) is 12.3. The minimum atomic E-state index is -0.258. The number of nitrogens with zero attached hydrogens (tertiary/aromatic N) is 2. The molecule has 1 aromatic rings. The molecule has 2 N–H and O–H groups in total. The first kappa shape index (κ1) is 15.0. The average Bonchev–Trinajstić information content (AvgIpc) is 2.83. The van der Waals surface area contributed by atoms with Gasteiger partial charge in [0.25, 0.3) is 0 Å². The molecule has 1 aliphatic rings. The van der Waals surface area contributed by atoms with Gasteiger partial charge < -0.3 is 9.63 Å². The third-order valence-corrected chi connectivity index (χ3v) is 3.99. The van der Waals surface area contributed by atoms with Crippen LogP contribution in [0.2, 0.25) is 0 Å². The molecule has 0 radical (unpaired) electrons. The number of likely N-dealkylation sites (tertiary alicyclic amines) is 1. The molecule has 1 fully saturated rings. The molecule has 6 nitrogen and oxygen atoms in total. The summed E-state index contributed by atoms with van der Waals surface area (Å²) < 4.78 is 4.99. The highest BCUT2D eigenvalue weighted by molar-refractivity contribution is 5.93. The number of aliphatic hydroxyl groups excluding tert-OH is 1. The summed E-state index contributed by atoms with van der Waals surface area (Å²) in [5.41, 5.74) is 0.620. The van der Waals surface area contributed by atoms with Gasteiger partial charge in [-0.15, -0.1) is 0 Å². The number of piperidine rings is 1. The van der Waals surface area contributed by atoms with Gasteiger partial charge in [-0.2, -0.15) is 0 Å². The minimum absolute atomic E-state index is 0.108.